The maximum atomic E-state index is 5.11. The second-order valence-electron chi connectivity index (χ2n) is 3.29. The average molecular weight is 174 g/mol. The third kappa shape index (κ3) is 8.69. The Balaban J connectivity index is 3.65. The van der Waals surface area contributed by atoms with Crippen LogP contribution >= 0.6 is 0 Å². The van der Waals surface area contributed by atoms with Crippen LogP contribution in [0.4, 0.5) is 0 Å². The van der Waals surface area contributed by atoms with Crippen LogP contribution in [0, 0.1) is 12.3 Å². The van der Waals surface area contributed by atoms with Gasteiger partial charge in [-0.05, 0) is 26.7 Å². The van der Waals surface area contributed by atoms with E-state index in [9.17, 15) is 0 Å². The highest BCUT2D eigenvalue weighted by molar-refractivity contribution is 5.16. The van der Waals surface area contributed by atoms with Gasteiger partial charge in [-0.1, -0.05) is 36.0 Å². The van der Waals surface area contributed by atoms with Crippen LogP contribution in [0.2, 0.25) is 0 Å². The lowest BCUT2D eigenvalue weighted by Gasteiger charge is -1.96. The number of terminal acetylenes is 1. The highest BCUT2D eigenvalue weighted by Gasteiger charge is 1.86. The molecular weight excluding hydrogens is 156 g/mol. The van der Waals surface area contributed by atoms with Gasteiger partial charge in [0.25, 0.3) is 0 Å². The monoisotopic (exact) mass is 174 g/mol. The van der Waals surface area contributed by atoms with Gasteiger partial charge in [-0.2, -0.15) is 0 Å². The van der Waals surface area contributed by atoms with Crippen molar-refractivity contribution >= 4 is 0 Å². The summed E-state index contributed by atoms with van der Waals surface area (Å²) in [7, 11) is 0. The van der Waals surface area contributed by atoms with Gasteiger partial charge in [0.2, 0.25) is 0 Å². The van der Waals surface area contributed by atoms with Crippen LogP contribution in [0.5, 0.6) is 0 Å². The standard InChI is InChI=1S/C13H18/c1-5-6-7-10-13(4)11-8-9-12(2)3/h1,7,9-10H,4,6,8,11H2,2-3H3/b10-7+. The predicted molar refractivity (Wildman–Crippen MR) is 60.4 cm³/mol. The second kappa shape index (κ2) is 7.43. The molecule has 0 aromatic carbocycles. The molecule has 0 aromatic rings. The summed E-state index contributed by atoms with van der Waals surface area (Å²) >= 11 is 0. The van der Waals surface area contributed by atoms with Gasteiger partial charge in [-0.25, -0.2) is 0 Å². The quantitative estimate of drug-likeness (QED) is 0.337. The van der Waals surface area contributed by atoms with E-state index in [2.05, 4.69) is 32.4 Å². The lowest BCUT2D eigenvalue weighted by Crippen LogP contribution is -1.76. The summed E-state index contributed by atoms with van der Waals surface area (Å²) in [5, 5.41) is 0. The Labute approximate surface area is 82.0 Å². The van der Waals surface area contributed by atoms with Crippen molar-refractivity contribution in [1.29, 1.82) is 0 Å². The molecule has 0 aliphatic heterocycles. The molecule has 13 heavy (non-hydrogen) atoms. The van der Waals surface area contributed by atoms with Crippen LogP contribution < -0.4 is 0 Å². The SMILES string of the molecule is C#CC/C=C/C(=C)CCC=C(C)C. The molecule has 0 rings (SSSR count). The first-order valence-electron chi connectivity index (χ1n) is 4.58. The van der Waals surface area contributed by atoms with Gasteiger partial charge in [0, 0.05) is 6.42 Å². The molecule has 0 spiro atoms. The van der Waals surface area contributed by atoms with Crippen molar-refractivity contribution in [2.45, 2.75) is 33.1 Å². The molecule has 0 aliphatic rings. The van der Waals surface area contributed by atoms with Crippen LogP contribution in [0.1, 0.15) is 33.1 Å². The minimum Gasteiger partial charge on any atom is -0.120 e. The zero-order valence-corrected chi connectivity index (χ0v) is 8.64. The lowest BCUT2D eigenvalue weighted by atomic mass is 10.1. The van der Waals surface area contributed by atoms with Crippen LogP contribution in [-0.2, 0) is 0 Å². The van der Waals surface area contributed by atoms with Gasteiger partial charge in [-0.15, -0.1) is 12.3 Å². The van der Waals surface area contributed by atoms with Crippen molar-refractivity contribution in [1.82, 2.24) is 0 Å². The molecule has 0 aliphatic carbocycles. The first-order chi connectivity index (χ1) is 6.16. The molecule has 70 valence electrons. The maximum Gasteiger partial charge on any atom is 0.0270 e. The van der Waals surface area contributed by atoms with Gasteiger partial charge in [0.15, 0.2) is 0 Å². The average Bonchev–Trinajstić information content (AvgIpc) is 2.04. The first kappa shape index (κ1) is 11.8. The zero-order valence-electron chi connectivity index (χ0n) is 8.64. The van der Waals surface area contributed by atoms with Crippen molar-refractivity contribution < 1.29 is 0 Å². The normalized spacial score (nSPS) is 9.62. The number of rotatable bonds is 5. The third-order valence-electron chi connectivity index (χ3n) is 1.61. The van der Waals surface area contributed by atoms with Crippen molar-refractivity contribution in [3.63, 3.8) is 0 Å². The molecule has 0 amide bonds. The molecule has 0 bridgehead atoms. The first-order valence-corrected chi connectivity index (χ1v) is 4.58. The number of hydrogen-bond acceptors (Lipinski definition) is 0. The summed E-state index contributed by atoms with van der Waals surface area (Å²) in [5.74, 6) is 2.56. The van der Waals surface area contributed by atoms with Gasteiger partial charge < -0.3 is 0 Å². The van der Waals surface area contributed by atoms with Crippen molar-refractivity contribution in [3.05, 3.63) is 36.0 Å². The van der Waals surface area contributed by atoms with Crippen LogP contribution in [-0.4, -0.2) is 0 Å². The minimum atomic E-state index is 0.696. The van der Waals surface area contributed by atoms with Gasteiger partial charge in [-0.3, -0.25) is 0 Å². The second-order valence-corrected chi connectivity index (χ2v) is 3.29. The topological polar surface area (TPSA) is 0 Å². The molecule has 0 radical (unpaired) electrons. The van der Waals surface area contributed by atoms with Crippen molar-refractivity contribution in [3.8, 4) is 12.3 Å². The van der Waals surface area contributed by atoms with E-state index in [1.165, 1.54) is 5.57 Å². The number of allylic oxidation sites excluding steroid dienone is 5. The van der Waals surface area contributed by atoms with Crippen molar-refractivity contribution in [2.24, 2.45) is 0 Å². The molecule has 0 saturated heterocycles. The van der Waals surface area contributed by atoms with E-state index >= 15 is 0 Å². The lowest BCUT2D eigenvalue weighted by molar-refractivity contribution is 0.997. The fourth-order valence-electron chi connectivity index (χ4n) is 0.923. The Morgan fingerprint density at radius 3 is 2.69 bits per heavy atom. The minimum absolute atomic E-state index is 0.696. The Hall–Kier alpha value is -1.22. The smallest absolute Gasteiger partial charge is 0.0270 e. The Morgan fingerprint density at radius 1 is 1.46 bits per heavy atom. The highest BCUT2D eigenvalue weighted by atomic mass is 13.9. The van der Waals surface area contributed by atoms with Crippen LogP contribution in [0.15, 0.2) is 36.0 Å². The molecular formula is C13H18. The maximum absolute atomic E-state index is 5.11. The molecule has 0 fully saturated rings. The van der Waals surface area contributed by atoms with Gasteiger partial charge in [0.1, 0.15) is 0 Å². The van der Waals surface area contributed by atoms with Crippen LogP contribution in [0.25, 0.3) is 0 Å². The molecule has 0 N–H and O–H groups in total. The summed E-state index contributed by atoms with van der Waals surface area (Å²) in [6, 6.07) is 0. The van der Waals surface area contributed by atoms with E-state index in [4.69, 9.17) is 6.42 Å². The van der Waals surface area contributed by atoms with E-state index < -0.39 is 0 Å². The molecule has 0 unspecified atom stereocenters. The molecule has 0 heterocycles. The fraction of sp³-hybridized carbons (Fsp3) is 0.385. The third-order valence-corrected chi connectivity index (χ3v) is 1.61. The van der Waals surface area contributed by atoms with E-state index in [1.807, 2.05) is 12.2 Å². The van der Waals surface area contributed by atoms with E-state index in [0.29, 0.717) is 6.42 Å². The van der Waals surface area contributed by atoms with Gasteiger partial charge in [0.05, 0.1) is 0 Å². The Morgan fingerprint density at radius 2 is 2.15 bits per heavy atom. The Bertz CT molecular complexity index is 242. The summed E-state index contributed by atoms with van der Waals surface area (Å²) in [4.78, 5) is 0. The molecule has 0 saturated carbocycles. The summed E-state index contributed by atoms with van der Waals surface area (Å²) in [6.07, 6.45) is 14.1. The predicted octanol–water partition coefficient (Wildman–Crippen LogP) is 3.87. The molecule has 0 atom stereocenters. The van der Waals surface area contributed by atoms with Crippen molar-refractivity contribution in [2.75, 3.05) is 0 Å². The number of hydrogen-bond donors (Lipinski definition) is 0. The summed E-state index contributed by atoms with van der Waals surface area (Å²) in [5.41, 5.74) is 2.51. The zero-order chi connectivity index (χ0) is 10.1. The molecule has 0 aromatic heterocycles. The molecule has 0 heteroatoms. The van der Waals surface area contributed by atoms with Crippen LogP contribution in [0.3, 0.4) is 0 Å². The summed E-state index contributed by atoms with van der Waals surface area (Å²) in [6.45, 7) is 8.15. The molecule has 0 nitrogen and oxygen atoms in total. The van der Waals surface area contributed by atoms with Gasteiger partial charge >= 0.3 is 0 Å². The fourth-order valence-corrected chi connectivity index (χ4v) is 0.923. The summed E-state index contributed by atoms with van der Waals surface area (Å²) < 4.78 is 0. The van der Waals surface area contributed by atoms with E-state index in [1.54, 1.807) is 0 Å². The van der Waals surface area contributed by atoms with E-state index in [-0.39, 0.29) is 0 Å². The highest BCUT2D eigenvalue weighted by Crippen LogP contribution is 2.06. The largest absolute Gasteiger partial charge is 0.120 e. The van der Waals surface area contributed by atoms with E-state index in [0.717, 1.165) is 18.4 Å². The Kier molecular flexibility index (Phi) is 6.73.